The van der Waals surface area contributed by atoms with Gasteiger partial charge in [-0.3, -0.25) is 9.59 Å². The van der Waals surface area contributed by atoms with Gasteiger partial charge in [0.2, 0.25) is 0 Å². The molecule has 0 saturated heterocycles. The lowest BCUT2D eigenvalue weighted by molar-refractivity contribution is -0.254. The Bertz CT molecular complexity index is 1440. The van der Waals surface area contributed by atoms with Crippen LogP contribution < -0.4 is 10.4 Å². The molecule has 0 unspecified atom stereocenters. The average molecular weight is 432 g/mol. The second-order valence-electron chi connectivity index (χ2n) is 7.85. The Balaban J connectivity index is 1.49. The predicted octanol–water partition coefficient (Wildman–Crippen LogP) is 4.38. The molecule has 0 spiro atoms. The van der Waals surface area contributed by atoms with E-state index in [0.29, 0.717) is 27.9 Å². The fourth-order valence-electron chi connectivity index (χ4n) is 4.32. The lowest BCUT2D eigenvalue weighted by Crippen LogP contribution is -2.23. The van der Waals surface area contributed by atoms with Gasteiger partial charge in [-0.1, -0.05) is 72.8 Å². The van der Waals surface area contributed by atoms with E-state index in [1.807, 2.05) is 36.4 Å². The minimum absolute atomic E-state index is 0.0173. The van der Waals surface area contributed by atoms with Crippen LogP contribution in [0.3, 0.4) is 0 Å². The van der Waals surface area contributed by atoms with Crippen LogP contribution in [0.1, 0.15) is 36.6 Å². The number of ketones is 1. The van der Waals surface area contributed by atoms with Gasteiger partial charge in [0.25, 0.3) is 5.91 Å². The van der Waals surface area contributed by atoms with Gasteiger partial charge in [-0.25, -0.2) is 0 Å². The molecule has 5 rings (SSSR count). The van der Waals surface area contributed by atoms with Crippen molar-refractivity contribution < 1.29 is 19.5 Å². The van der Waals surface area contributed by atoms with Crippen molar-refractivity contribution in [2.24, 2.45) is 0 Å². The molecular weight excluding hydrogens is 414 g/mol. The Hall–Kier alpha value is -4.51. The molecule has 33 heavy (non-hydrogen) atoms. The van der Waals surface area contributed by atoms with Crippen molar-refractivity contribution in [1.82, 2.24) is 0 Å². The van der Waals surface area contributed by atoms with Gasteiger partial charge in [-0.2, -0.15) is 0 Å². The number of aromatic carboxylic acids is 1. The number of carbonyl (C=O) groups excluding carboxylic acids is 3. The fraction of sp³-hybridized carbons (Fsp3) is 0.0357. The van der Waals surface area contributed by atoms with E-state index in [1.165, 1.54) is 6.07 Å². The Morgan fingerprint density at radius 1 is 0.667 bits per heavy atom. The van der Waals surface area contributed by atoms with E-state index in [2.05, 4.69) is 5.32 Å². The molecule has 0 saturated carbocycles. The molecule has 1 aliphatic carbocycles. The lowest BCUT2D eigenvalue weighted by Gasteiger charge is -2.20. The highest BCUT2D eigenvalue weighted by Crippen LogP contribution is 2.35. The van der Waals surface area contributed by atoms with Crippen molar-refractivity contribution >= 4 is 23.3 Å². The third-order valence-electron chi connectivity index (χ3n) is 5.84. The van der Waals surface area contributed by atoms with Gasteiger partial charge in [0, 0.05) is 28.8 Å². The smallest absolute Gasteiger partial charge is 0.256 e. The number of carboxylic acid groups (broad SMARTS) is 1. The SMILES string of the molecule is O=C1Cc2cc(NC(=O)c3ccccc3-c3ccccc3C(=O)[O-])ccc2-c2ccccc21. The summed E-state index contributed by atoms with van der Waals surface area (Å²) >= 11 is 0. The number of nitrogens with one attached hydrogen (secondary N) is 1. The molecule has 5 nitrogen and oxygen atoms in total. The maximum absolute atomic E-state index is 13.2. The largest absolute Gasteiger partial charge is 0.545 e. The summed E-state index contributed by atoms with van der Waals surface area (Å²) in [5, 5.41) is 14.5. The number of carbonyl (C=O) groups is 3. The molecule has 1 N–H and O–H groups in total. The summed E-state index contributed by atoms with van der Waals surface area (Å²) < 4.78 is 0. The van der Waals surface area contributed by atoms with E-state index in [1.54, 1.807) is 48.5 Å². The second kappa shape index (κ2) is 8.20. The summed E-state index contributed by atoms with van der Waals surface area (Å²) in [4.78, 5) is 37.3. The van der Waals surface area contributed by atoms with E-state index in [0.717, 1.165) is 16.7 Å². The highest BCUT2D eigenvalue weighted by molar-refractivity contribution is 6.11. The van der Waals surface area contributed by atoms with Crippen LogP contribution in [0.2, 0.25) is 0 Å². The van der Waals surface area contributed by atoms with Crippen LogP contribution in [0.4, 0.5) is 5.69 Å². The number of carboxylic acids is 1. The fourth-order valence-corrected chi connectivity index (χ4v) is 4.32. The molecule has 0 heterocycles. The number of Topliss-reactive ketones (excluding diaryl/α,β-unsaturated/α-hetero) is 1. The van der Waals surface area contributed by atoms with Crippen molar-refractivity contribution in [3.05, 3.63) is 113 Å². The van der Waals surface area contributed by atoms with Crippen LogP contribution in [-0.2, 0) is 6.42 Å². The molecular formula is C28H18NO4-. The third kappa shape index (κ3) is 3.70. The molecule has 160 valence electrons. The topological polar surface area (TPSA) is 86.3 Å². The standard InChI is InChI=1S/C28H19NO4/c30-26-16-17-15-18(13-14-19(17)20-7-1-4-10-23(20)26)29-27(31)24-11-5-2-8-21(24)22-9-3-6-12-25(22)28(32)33/h1-15H,16H2,(H,29,31)(H,32,33)/p-1. The predicted molar refractivity (Wildman–Crippen MR) is 124 cm³/mol. The summed E-state index contributed by atoms with van der Waals surface area (Å²) in [6.07, 6.45) is 0.269. The van der Waals surface area contributed by atoms with E-state index < -0.39 is 5.97 Å². The Labute approximate surface area is 190 Å². The number of benzene rings is 4. The summed E-state index contributed by atoms with van der Waals surface area (Å²) in [5.41, 5.74) is 5.27. The van der Waals surface area contributed by atoms with Crippen LogP contribution in [-0.4, -0.2) is 17.7 Å². The van der Waals surface area contributed by atoms with Gasteiger partial charge in [-0.05, 0) is 46.0 Å². The molecule has 4 aromatic rings. The van der Waals surface area contributed by atoms with E-state index in [4.69, 9.17) is 0 Å². The van der Waals surface area contributed by atoms with Gasteiger partial charge in [0.1, 0.15) is 0 Å². The molecule has 1 amide bonds. The van der Waals surface area contributed by atoms with Crippen molar-refractivity contribution in [2.45, 2.75) is 6.42 Å². The van der Waals surface area contributed by atoms with Crippen LogP contribution >= 0.6 is 0 Å². The van der Waals surface area contributed by atoms with Crippen molar-refractivity contribution in [3.8, 4) is 22.3 Å². The van der Waals surface area contributed by atoms with E-state index in [-0.39, 0.29) is 23.7 Å². The van der Waals surface area contributed by atoms with Gasteiger partial charge in [-0.15, -0.1) is 0 Å². The minimum atomic E-state index is -1.31. The molecule has 5 heteroatoms. The Morgan fingerprint density at radius 3 is 1.94 bits per heavy atom. The first kappa shape index (κ1) is 20.4. The number of hydrogen-bond acceptors (Lipinski definition) is 4. The Kier molecular flexibility index (Phi) is 5.07. The van der Waals surface area contributed by atoms with Crippen LogP contribution in [0.5, 0.6) is 0 Å². The molecule has 0 fully saturated rings. The summed E-state index contributed by atoms with van der Waals surface area (Å²) in [7, 11) is 0. The first-order valence-electron chi connectivity index (χ1n) is 10.5. The van der Waals surface area contributed by atoms with Crippen LogP contribution in [0.15, 0.2) is 91.0 Å². The summed E-state index contributed by atoms with van der Waals surface area (Å²) in [5.74, 6) is -1.63. The van der Waals surface area contributed by atoms with Crippen LogP contribution in [0, 0.1) is 0 Å². The molecule has 0 aromatic heterocycles. The highest BCUT2D eigenvalue weighted by Gasteiger charge is 2.23. The first-order chi connectivity index (χ1) is 16.0. The molecule has 0 radical (unpaired) electrons. The average Bonchev–Trinajstić information content (AvgIpc) is 2.84. The van der Waals surface area contributed by atoms with Gasteiger partial charge in [0.05, 0.1) is 5.97 Å². The minimum Gasteiger partial charge on any atom is -0.545 e. The summed E-state index contributed by atoms with van der Waals surface area (Å²) in [6, 6.07) is 26.3. The van der Waals surface area contributed by atoms with E-state index in [9.17, 15) is 19.5 Å². The van der Waals surface area contributed by atoms with Crippen LogP contribution in [0.25, 0.3) is 22.3 Å². The van der Waals surface area contributed by atoms with Crippen molar-refractivity contribution in [3.63, 3.8) is 0 Å². The normalized spacial score (nSPS) is 11.9. The summed E-state index contributed by atoms with van der Waals surface area (Å²) in [6.45, 7) is 0. The second-order valence-corrected chi connectivity index (χ2v) is 7.85. The van der Waals surface area contributed by atoms with Gasteiger partial charge < -0.3 is 15.2 Å². The molecule has 0 bridgehead atoms. The number of anilines is 1. The van der Waals surface area contributed by atoms with Gasteiger partial charge in [0.15, 0.2) is 5.78 Å². The zero-order chi connectivity index (χ0) is 22.9. The zero-order valence-electron chi connectivity index (χ0n) is 17.5. The third-order valence-corrected chi connectivity index (χ3v) is 5.84. The Morgan fingerprint density at radius 2 is 1.24 bits per heavy atom. The lowest BCUT2D eigenvalue weighted by atomic mass is 9.84. The van der Waals surface area contributed by atoms with Gasteiger partial charge >= 0.3 is 0 Å². The van der Waals surface area contributed by atoms with E-state index >= 15 is 0 Å². The highest BCUT2D eigenvalue weighted by atomic mass is 16.4. The zero-order valence-corrected chi connectivity index (χ0v) is 17.5. The molecule has 4 aromatic carbocycles. The van der Waals surface area contributed by atoms with Crippen molar-refractivity contribution in [1.29, 1.82) is 0 Å². The maximum Gasteiger partial charge on any atom is 0.256 e. The monoisotopic (exact) mass is 432 g/mol. The maximum atomic E-state index is 13.2. The first-order valence-corrected chi connectivity index (χ1v) is 10.5. The molecule has 0 aliphatic heterocycles. The number of fused-ring (bicyclic) bond motifs is 3. The number of rotatable bonds is 4. The molecule has 0 atom stereocenters. The van der Waals surface area contributed by atoms with Crippen molar-refractivity contribution in [2.75, 3.05) is 5.32 Å². The molecule has 1 aliphatic rings. The number of hydrogen-bond donors (Lipinski definition) is 1. The number of amides is 1. The quantitative estimate of drug-likeness (QED) is 0.519.